The van der Waals surface area contributed by atoms with Gasteiger partial charge in [0, 0.05) is 29.1 Å². The van der Waals surface area contributed by atoms with Gasteiger partial charge in [0.05, 0.1) is 11.2 Å². The van der Waals surface area contributed by atoms with E-state index in [4.69, 9.17) is 5.21 Å². The summed E-state index contributed by atoms with van der Waals surface area (Å²) in [6, 6.07) is 21.8. The number of hydrogen-bond acceptors (Lipinski definition) is 5. The molecule has 4 rings (SSSR count). The van der Waals surface area contributed by atoms with E-state index in [-0.39, 0.29) is 0 Å². The van der Waals surface area contributed by atoms with E-state index in [2.05, 4.69) is 15.6 Å². The van der Waals surface area contributed by atoms with Crippen LogP contribution >= 0.6 is 0 Å². The van der Waals surface area contributed by atoms with Crippen molar-refractivity contribution >= 4 is 50.8 Å². The number of pyridine rings is 1. The molecule has 0 fully saturated rings. The highest BCUT2D eigenvalue weighted by molar-refractivity contribution is 6.15. The predicted molar refractivity (Wildman–Crippen MR) is 121 cm³/mol. The highest BCUT2D eigenvalue weighted by atomic mass is 16.5. The summed E-state index contributed by atoms with van der Waals surface area (Å²) in [6.45, 7) is 0. The fraction of sp³-hybridized carbons (Fsp3) is 0.0833. The molecule has 0 aliphatic carbocycles. The molecule has 8 nitrogen and oxygen atoms in total. The van der Waals surface area contributed by atoms with Gasteiger partial charge in [0.25, 0.3) is 0 Å². The van der Waals surface area contributed by atoms with E-state index in [0.717, 1.165) is 16.2 Å². The topological polar surface area (TPSA) is 120 Å². The van der Waals surface area contributed by atoms with Crippen LogP contribution in [0.3, 0.4) is 0 Å². The Hall–Kier alpha value is -4.30. The van der Waals surface area contributed by atoms with Gasteiger partial charge in [-0.25, -0.2) is 5.48 Å². The number of hydrogen-bond donors (Lipinski definition) is 4. The summed E-state index contributed by atoms with van der Waals surface area (Å²) >= 11 is 0. The number of carbonyl (C=O) groups is 3. The zero-order valence-corrected chi connectivity index (χ0v) is 16.9. The van der Waals surface area contributed by atoms with Crippen molar-refractivity contribution in [2.24, 2.45) is 5.92 Å². The first-order chi connectivity index (χ1) is 15.6. The van der Waals surface area contributed by atoms with Crippen LogP contribution in [0.1, 0.15) is 6.42 Å². The second kappa shape index (κ2) is 9.23. The van der Waals surface area contributed by atoms with Crippen LogP contribution in [0.25, 0.3) is 21.7 Å². The Balaban J connectivity index is 1.62. The molecule has 3 aromatic carbocycles. The average molecular weight is 428 g/mol. The van der Waals surface area contributed by atoms with Crippen LogP contribution in [-0.2, 0) is 14.4 Å². The summed E-state index contributed by atoms with van der Waals surface area (Å²) in [6.07, 6.45) is 1.07. The van der Waals surface area contributed by atoms with Crippen LogP contribution in [0.4, 0.5) is 11.4 Å². The molecule has 0 bridgehead atoms. The normalized spacial score (nSPS) is 11.7. The molecule has 0 saturated heterocycles. The number of carbonyl (C=O) groups excluding carboxylic acids is 3. The summed E-state index contributed by atoms with van der Waals surface area (Å²) < 4.78 is 0. The summed E-state index contributed by atoms with van der Waals surface area (Å²) in [7, 11) is 0. The smallest absolute Gasteiger partial charge is 0.244 e. The van der Waals surface area contributed by atoms with Crippen molar-refractivity contribution in [3.63, 3.8) is 0 Å². The highest BCUT2D eigenvalue weighted by Gasteiger charge is 2.30. The van der Waals surface area contributed by atoms with Gasteiger partial charge in [-0.05, 0) is 23.6 Å². The molecule has 1 heterocycles. The number of aromatic nitrogens is 1. The largest absolute Gasteiger partial charge is 0.325 e. The minimum Gasteiger partial charge on any atom is -0.325 e. The van der Waals surface area contributed by atoms with E-state index in [0.29, 0.717) is 16.9 Å². The fourth-order valence-electron chi connectivity index (χ4n) is 3.51. The van der Waals surface area contributed by atoms with Gasteiger partial charge in [-0.1, -0.05) is 54.6 Å². The number of nitrogens with one attached hydrogen (secondary N) is 3. The Bertz CT molecular complexity index is 1220. The maximum atomic E-state index is 13.1. The third kappa shape index (κ3) is 4.40. The van der Waals surface area contributed by atoms with E-state index in [1.54, 1.807) is 36.5 Å². The lowest BCUT2D eigenvalue weighted by atomic mass is 10.0. The van der Waals surface area contributed by atoms with Crippen LogP contribution in [-0.4, -0.2) is 27.9 Å². The third-order valence-corrected chi connectivity index (χ3v) is 5.09. The van der Waals surface area contributed by atoms with Gasteiger partial charge >= 0.3 is 0 Å². The second-order valence-electron chi connectivity index (χ2n) is 7.18. The molecule has 160 valence electrons. The van der Waals surface area contributed by atoms with Crippen LogP contribution in [0.5, 0.6) is 0 Å². The first-order valence-electron chi connectivity index (χ1n) is 9.93. The van der Waals surface area contributed by atoms with Crippen molar-refractivity contribution in [3.05, 3.63) is 79.0 Å². The molecule has 1 atom stereocenters. The van der Waals surface area contributed by atoms with Crippen molar-refractivity contribution in [1.29, 1.82) is 0 Å². The minimum absolute atomic E-state index is 0.417. The van der Waals surface area contributed by atoms with Crippen molar-refractivity contribution in [3.8, 4) is 0 Å². The fourth-order valence-corrected chi connectivity index (χ4v) is 3.51. The van der Waals surface area contributed by atoms with Crippen LogP contribution < -0.4 is 16.1 Å². The molecule has 1 unspecified atom stereocenters. The Kier molecular flexibility index (Phi) is 6.05. The van der Waals surface area contributed by atoms with E-state index in [9.17, 15) is 14.4 Å². The Morgan fingerprint density at radius 3 is 2.19 bits per heavy atom. The number of nitrogens with zero attached hydrogens (tertiary/aromatic N) is 1. The van der Waals surface area contributed by atoms with Crippen LogP contribution in [0.15, 0.2) is 79.0 Å². The Labute approximate surface area is 183 Å². The molecule has 0 saturated carbocycles. The predicted octanol–water partition coefficient (Wildman–Crippen LogP) is 3.48. The number of anilines is 2. The van der Waals surface area contributed by atoms with Crippen LogP contribution in [0.2, 0.25) is 0 Å². The van der Waals surface area contributed by atoms with Gasteiger partial charge in [0.15, 0.2) is 0 Å². The van der Waals surface area contributed by atoms with Crippen molar-refractivity contribution in [1.82, 2.24) is 10.5 Å². The van der Waals surface area contributed by atoms with Crippen molar-refractivity contribution in [2.45, 2.75) is 6.42 Å². The molecule has 32 heavy (non-hydrogen) atoms. The lowest BCUT2D eigenvalue weighted by Gasteiger charge is -2.17. The summed E-state index contributed by atoms with van der Waals surface area (Å²) in [5.41, 5.74) is 2.97. The first kappa shape index (κ1) is 21.0. The second-order valence-corrected chi connectivity index (χ2v) is 7.18. The zero-order chi connectivity index (χ0) is 22.5. The highest BCUT2D eigenvalue weighted by Crippen LogP contribution is 2.25. The van der Waals surface area contributed by atoms with Gasteiger partial charge in [0.2, 0.25) is 17.7 Å². The Morgan fingerprint density at radius 1 is 0.781 bits per heavy atom. The first-order valence-corrected chi connectivity index (χ1v) is 9.93. The number of rotatable bonds is 6. The molecule has 0 aliphatic rings. The van der Waals surface area contributed by atoms with Gasteiger partial charge in [-0.15, -0.1) is 0 Å². The standard InChI is InChI=1S/C24H20N4O4/c29-21(28-32)14-18(23(30)26-19-11-3-7-15-6-1-2-10-17(15)19)24(31)27-20-12-4-8-16-9-5-13-25-22(16)20/h1-13,18,32H,14H2,(H,26,30)(H,27,31)(H,28,29). The monoisotopic (exact) mass is 428 g/mol. The molecule has 1 aromatic heterocycles. The zero-order valence-electron chi connectivity index (χ0n) is 16.9. The molecular formula is C24H20N4O4. The quantitative estimate of drug-likeness (QED) is 0.213. The van der Waals surface area contributed by atoms with Crippen molar-refractivity contribution < 1.29 is 19.6 Å². The summed E-state index contributed by atoms with van der Waals surface area (Å²) in [5.74, 6) is -3.60. The van der Waals surface area contributed by atoms with E-state index in [1.807, 2.05) is 42.5 Å². The van der Waals surface area contributed by atoms with Crippen LogP contribution in [0, 0.1) is 5.92 Å². The van der Waals surface area contributed by atoms with Crippen molar-refractivity contribution in [2.75, 3.05) is 10.6 Å². The molecule has 8 heteroatoms. The summed E-state index contributed by atoms with van der Waals surface area (Å²) in [4.78, 5) is 42.2. The molecule has 4 N–H and O–H groups in total. The number of para-hydroxylation sites is 1. The van der Waals surface area contributed by atoms with E-state index < -0.39 is 30.1 Å². The molecular weight excluding hydrogens is 408 g/mol. The van der Waals surface area contributed by atoms with E-state index >= 15 is 0 Å². The van der Waals surface area contributed by atoms with Gasteiger partial charge in [-0.2, -0.15) is 0 Å². The maximum Gasteiger partial charge on any atom is 0.244 e. The molecule has 3 amide bonds. The third-order valence-electron chi connectivity index (χ3n) is 5.09. The maximum absolute atomic E-state index is 13.1. The Morgan fingerprint density at radius 2 is 1.41 bits per heavy atom. The number of hydroxylamine groups is 1. The van der Waals surface area contributed by atoms with Gasteiger partial charge < -0.3 is 10.6 Å². The average Bonchev–Trinajstić information content (AvgIpc) is 2.82. The number of benzene rings is 3. The van der Waals surface area contributed by atoms with Gasteiger partial charge in [-0.3, -0.25) is 24.6 Å². The van der Waals surface area contributed by atoms with Gasteiger partial charge in [0.1, 0.15) is 5.92 Å². The lowest BCUT2D eigenvalue weighted by molar-refractivity contribution is -0.137. The SMILES string of the molecule is O=C(CC(C(=O)Nc1cccc2ccccc12)C(=O)Nc1cccc2cccnc12)NO. The summed E-state index contributed by atoms with van der Waals surface area (Å²) in [5, 5.41) is 16.9. The number of fused-ring (bicyclic) bond motifs is 2. The molecule has 4 aromatic rings. The lowest BCUT2D eigenvalue weighted by Crippen LogP contribution is -2.37. The van der Waals surface area contributed by atoms with E-state index in [1.165, 1.54) is 5.48 Å². The minimum atomic E-state index is -1.39. The number of amides is 3. The molecule has 0 radical (unpaired) electrons. The molecule has 0 aliphatic heterocycles. The molecule has 0 spiro atoms.